The zero-order valence-corrected chi connectivity index (χ0v) is 16.2. The molecule has 1 fully saturated rings. The van der Waals surface area contributed by atoms with Crippen molar-refractivity contribution >= 4 is 6.09 Å². The molecule has 160 valence electrons. The first kappa shape index (κ1) is 21.6. The number of alkyl halides is 2. The van der Waals surface area contributed by atoms with Gasteiger partial charge in [0.05, 0.1) is 6.04 Å². The number of halogens is 2. The lowest BCUT2D eigenvalue weighted by molar-refractivity contribution is -0.0929. The van der Waals surface area contributed by atoms with Gasteiger partial charge in [0.25, 0.3) is 0 Å². The number of allylic oxidation sites excluding steroid dienone is 2. The molecule has 1 aliphatic rings. The monoisotopic (exact) mass is 419 g/mol. The van der Waals surface area contributed by atoms with E-state index in [2.05, 4.69) is 20.6 Å². The van der Waals surface area contributed by atoms with Crippen LogP contribution in [-0.2, 0) is 17.1 Å². The van der Waals surface area contributed by atoms with Crippen LogP contribution in [0.3, 0.4) is 0 Å². The molecule has 1 aromatic carbocycles. The van der Waals surface area contributed by atoms with Crippen molar-refractivity contribution in [2.24, 2.45) is 0 Å². The van der Waals surface area contributed by atoms with Crippen molar-refractivity contribution in [3.8, 4) is 0 Å². The number of ether oxygens (including phenoxy) is 1. The van der Waals surface area contributed by atoms with Crippen molar-refractivity contribution in [1.29, 1.82) is 0 Å². The third kappa shape index (κ3) is 5.47. The second-order valence-corrected chi connectivity index (χ2v) is 6.80. The molecule has 2 atom stereocenters. The molecule has 3 rings (SSSR count). The molecule has 0 radical (unpaired) electrons. The van der Waals surface area contributed by atoms with E-state index < -0.39 is 24.2 Å². The number of aromatic nitrogens is 4. The normalized spacial score (nSPS) is 18.4. The summed E-state index contributed by atoms with van der Waals surface area (Å²) in [4.78, 5) is 13.4. The highest BCUT2D eigenvalue weighted by molar-refractivity contribution is 5.70. The second kappa shape index (κ2) is 10.1. The van der Waals surface area contributed by atoms with E-state index in [0.717, 1.165) is 6.08 Å². The number of aromatic amines is 1. The van der Waals surface area contributed by atoms with Gasteiger partial charge in [-0.15, -0.1) is 10.2 Å². The van der Waals surface area contributed by atoms with E-state index in [9.17, 15) is 18.7 Å². The van der Waals surface area contributed by atoms with E-state index in [0.29, 0.717) is 31.6 Å². The Kier molecular flexibility index (Phi) is 7.23. The van der Waals surface area contributed by atoms with Gasteiger partial charge in [0.2, 0.25) is 0 Å². The number of unbranched alkanes of at least 4 members (excludes halogenated alkanes) is 1. The smallest absolute Gasteiger partial charge is 0.410 e. The third-order valence-corrected chi connectivity index (χ3v) is 4.68. The number of nitrogens with zero attached hydrogens (tertiary/aromatic N) is 4. The Morgan fingerprint density at radius 1 is 1.33 bits per heavy atom. The number of rotatable bonds is 10. The number of hydrogen-bond acceptors (Lipinski definition) is 6. The number of cyclic esters (lactones) is 1. The number of aliphatic hydroxyl groups is 1. The lowest BCUT2D eigenvalue weighted by atomic mass is 10.0. The maximum atomic E-state index is 14.4. The largest absolute Gasteiger partial charge is 0.447 e. The minimum Gasteiger partial charge on any atom is -0.447 e. The summed E-state index contributed by atoms with van der Waals surface area (Å²) in [5.41, 5.74) is -0.273. The van der Waals surface area contributed by atoms with Crippen LogP contribution >= 0.6 is 0 Å². The Bertz CT molecular complexity index is 859. The first-order chi connectivity index (χ1) is 14.5. The number of nitrogens with one attached hydrogen (secondary N) is 1. The van der Waals surface area contributed by atoms with Gasteiger partial charge in [-0.05, 0) is 12.8 Å². The Hall–Kier alpha value is -3.14. The van der Waals surface area contributed by atoms with Crippen molar-refractivity contribution < 1.29 is 23.4 Å². The minimum absolute atomic E-state index is 0.0621. The molecule has 8 nitrogen and oxygen atoms in total. The number of carbonyl (C=O) groups excluding carboxylic acids is 1. The Morgan fingerprint density at radius 2 is 2.13 bits per heavy atom. The topological polar surface area (TPSA) is 104 Å². The highest BCUT2D eigenvalue weighted by Gasteiger charge is 2.39. The van der Waals surface area contributed by atoms with Gasteiger partial charge in [0.1, 0.15) is 12.7 Å². The number of tetrazole rings is 1. The summed E-state index contributed by atoms with van der Waals surface area (Å²) in [6.45, 7) is 0.470. The Balaban J connectivity index is 1.49. The summed E-state index contributed by atoms with van der Waals surface area (Å²) in [6.07, 6.45) is 5.73. The van der Waals surface area contributed by atoms with Gasteiger partial charge in [0.15, 0.2) is 5.82 Å². The van der Waals surface area contributed by atoms with Crippen LogP contribution in [0.1, 0.15) is 24.2 Å². The first-order valence-corrected chi connectivity index (χ1v) is 9.59. The average Bonchev–Trinajstić information content (AvgIpc) is 3.39. The van der Waals surface area contributed by atoms with Crippen molar-refractivity contribution in [3.63, 3.8) is 0 Å². The van der Waals surface area contributed by atoms with Crippen LogP contribution in [0, 0.1) is 0 Å². The fourth-order valence-corrected chi connectivity index (χ4v) is 3.02. The standard InChI is InChI=1S/C20H23F2N5O3/c21-20(22,15-8-4-3-5-9-15)17(28)12-11-16-14-30-19(29)27(16)13-7-2-1-6-10-18-23-25-26-24-18/h1,3-6,8-9,11-12,16-17,28H,2,7,10,13-14H2,(H,23,24,25,26). The average molecular weight is 419 g/mol. The predicted molar refractivity (Wildman–Crippen MR) is 104 cm³/mol. The molecular formula is C20H23F2N5O3. The van der Waals surface area contributed by atoms with Gasteiger partial charge in [0, 0.05) is 18.5 Å². The number of benzene rings is 1. The molecule has 2 unspecified atom stereocenters. The summed E-state index contributed by atoms with van der Waals surface area (Å²) in [5, 5.41) is 23.5. The molecule has 1 amide bonds. The fraction of sp³-hybridized carbons (Fsp3) is 0.400. The van der Waals surface area contributed by atoms with Crippen LogP contribution < -0.4 is 0 Å². The number of hydrogen-bond donors (Lipinski definition) is 2. The molecule has 10 heteroatoms. The highest BCUT2D eigenvalue weighted by atomic mass is 19.3. The molecule has 1 aliphatic heterocycles. The van der Waals surface area contributed by atoms with Gasteiger partial charge in [-0.3, -0.25) is 4.90 Å². The van der Waals surface area contributed by atoms with Crippen molar-refractivity contribution in [3.05, 3.63) is 66.0 Å². The zero-order valence-electron chi connectivity index (χ0n) is 16.2. The number of amides is 1. The molecule has 2 N–H and O–H groups in total. The van der Waals surface area contributed by atoms with Crippen LogP contribution in [0.4, 0.5) is 13.6 Å². The fourth-order valence-electron chi connectivity index (χ4n) is 3.02. The molecule has 2 heterocycles. The summed E-state index contributed by atoms with van der Waals surface area (Å²) >= 11 is 0. The van der Waals surface area contributed by atoms with Crippen molar-refractivity contribution in [2.75, 3.05) is 13.2 Å². The maximum Gasteiger partial charge on any atom is 0.410 e. The molecule has 30 heavy (non-hydrogen) atoms. The molecule has 1 saturated heterocycles. The molecule has 0 saturated carbocycles. The van der Waals surface area contributed by atoms with Crippen LogP contribution in [0.25, 0.3) is 0 Å². The Morgan fingerprint density at radius 3 is 2.87 bits per heavy atom. The van der Waals surface area contributed by atoms with Crippen LogP contribution in [0.15, 0.2) is 54.6 Å². The van der Waals surface area contributed by atoms with E-state index in [1.165, 1.54) is 35.2 Å². The third-order valence-electron chi connectivity index (χ3n) is 4.68. The van der Waals surface area contributed by atoms with Gasteiger partial charge >= 0.3 is 12.0 Å². The highest BCUT2D eigenvalue weighted by Crippen LogP contribution is 2.32. The second-order valence-electron chi connectivity index (χ2n) is 6.80. The van der Waals surface area contributed by atoms with Crippen molar-refractivity contribution in [2.45, 2.75) is 37.3 Å². The number of carbonyl (C=O) groups is 1. The summed E-state index contributed by atoms with van der Waals surface area (Å²) < 4.78 is 33.8. The van der Waals surface area contributed by atoms with E-state index >= 15 is 0 Å². The lowest BCUT2D eigenvalue weighted by Gasteiger charge is -2.22. The van der Waals surface area contributed by atoms with Gasteiger partial charge < -0.3 is 9.84 Å². The number of aliphatic hydroxyl groups excluding tert-OH is 1. The molecule has 1 aromatic heterocycles. The van der Waals surface area contributed by atoms with Crippen LogP contribution in [0.2, 0.25) is 0 Å². The summed E-state index contributed by atoms with van der Waals surface area (Å²) in [5.74, 6) is -2.85. The quantitative estimate of drug-likeness (QED) is 0.453. The molecule has 0 aliphatic carbocycles. The molecule has 0 bridgehead atoms. The first-order valence-electron chi connectivity index (χ1n) is 9.59. The van der Waals surface area contributed by atoms with Crippen LogP contribution in [0.5, 0.6) is 0 Å². The predicted octanol–water partition coefficient (Wildman–Crippen LogP) is 2.61. The van der Waals surface area contributed by atoms with Crippen molar-refractivity contribution in [1.82, 2.24) is 25.5 Å². The van der Waals surface area contributed by atoms with E-state index in [4.69, 9.17) is 4.74 Å². The molecule has 0 spiro atoms. The van der Waals surface area contributed by atoms with E-state index in [-0.39, 0.29) is 12.2 Å². The van der Waals surface area contributed by atoms with E-state index in [1.54, 1.807) is 6.07 Å². The summed E-state index contributed by atoms with van der Waals surface area (Å²) in [7, 11) is 0. The SMILES string of the molecule is O=C1OCC(C=CC(O)C(F)(F)c2ccccc2)N1CCCC=CCc1nn[nH]n1. The minimum atomic E-state index is -3.43. The van der Waals surface area contributed by atoms with E-state index in [1.807, 2.05) is 12.2 Å². The van der Waals surface area contributed by atoms with Crippen LogP contribution in [-0.4, -0.2) is 62.0 Å². The van der Waals surface area contributed by atoms with Gasteiger partial charge in [-0.1, -0.05) is 59.8 Å². The summed E-state index contributed by atoms with van der Waals surface area (Å²) in [6, 6.07) is 6.63. The lowest BCUT2D eigenvalue weighted by Crippen LogP contribution is -2.34. The zero-order chi connectivity index (χ0) is 21.4. The molecule has 2 aromatic rings. The maximum absolute atomic E-state index is 14.4. The van der Waals surface area contributed by atoms with Gasteiger partial charge in [-0.25, -0.2) is 4.79 Å². The van der Waals surface area contributed by atoms with Gasteiger partial charge in [-0.2, -0.15) is 14.0 Å². The number of H-pyrrole nitrogens is 1. The molecular weight excluding hydrogens is 396 g/mol. The Labute approximate surface area is 172 Å².